The average Bonchev–Trinajstić information content (AvgIpc) is 2.29. The summed E-state index contributed by atoms with van der Waals surface area (Å²) in [5, 5.41) is 0. The first-order valence-electron chi connectivity index (χ1n) is 5.98. The quantitative estimate of drug-likeness (QED) is 0.736. The van der Waals surface area contributed by atoms with Crippen molar-refractivity contribution in [2.24, 2.45) is 0 Å². The maximum atomic E-state index is 4.27. The molecule has 1 aliphatic heterocycles. The summed E-state index contributed by atoms with van der Waals surface area (Å²) < 4.78 is 0. The van der Waals surface area contributed by atoms with E-state index in [2.05, 4.69) is 35.9 Å². The Morgan fingerprint density at radius 3 is 3.07 bits per heavy atom. The summed E-state index contributed by atoms with van der Waals surface area (Å²) in [6.45, 7) is 6.74. The van der Waals surface area contributed by atoms with Crippen LogP contribution in [0, 0.1) is 6.92 Å². The summed E-state index contributed by atoms with van der Waals surface area (Å²) in [4.78, 5) is 6.85. The molecule has 2 rings (SSSR count). The normalized spacial score (nSPS) is 22.9. The van der Waals surface area contributed by atoms with Gasteiger partial charge in [-0.1, -0.05) is 13.3 Å². The Labute approximate surface area is 92.3 Å². The molecule has 0 radical (unpaired) electrons. The fraction of sp³-hybridized carbons (Fsp3) is 0.615. The van der Waals surface area contributed by atoms with Gasteiger partial charge in [-0.3, -0.25) is 9.88 Å². The molecule has 0 bridgehead atoms. The summed E-state index contributed by atoms with van der Waals surface area (Å²) in [5.74, 6) is 0. The third-order valence-corrected chi connectivity index (χ3v) is 3.33. The molecule has 2 nitrogen and oxygen atoms in total. The Morgan fingerprint density at radius 1 is 1.47 bits per heavy atom. The lowest BCUT2D eigenvalue weighted by Crippen LogP contribution is -2.33. The Balaban J connectivity index is 2.20. The van der Waals surface area contributed by atoms with Gasteiger partial charge in [0.05, 0.1) is 0 Å². The first kappa shape index (κ1) is 10.6. The van der Waals surface area contributed by atoms with Crippen LogP contribution in [0.25, 0.3) is 0 Å². The molecule has 0 aliphatic carbocycles. The molecule has 1 aromatic rings. The van der Waals surface area contributed by atoms with Crippen molar-refractivity contribution in [1.29, 1.82) is 0 Å². The van der Waals surface area contributed by atoms with Crippen LogP contribution in [-0.2, 0) is 0 Å². The lowest BCUT2D eigenvalue weighted by atomic mass is 9.95. The molecule has 0 spiro atoms. The monoisotopic (exact) mass is 204 g/mol. The second-order valence-electron chi connectivity index (χ2n) is 4.37. The highest BCUT2D eigenvalue weighted by molar-refractivity contribution is 5.20. The molecule has 2 heterocycles. The largest absolute Gasteiger partial charge is 0.297 e. The van der Waals surface area contributed by atoms with Gasteiger partial charge in [-0.25, -0.2) is 0 Å². The van der Waals surface area contributed by atoms with Crippen LogP contribution in [0.5, 0.6) is 0 Å². The minimum absolute atomic E-state index is 0.630. The number of aryl methyl sites for hydroxylation is 1. The standard InChI is InChI=1S/C13H20N2/c1-3-15-9-5-4-6-13(15)12-7-8-14-11(2)10-12/h7-8,10,13H,3-6,9H2,1-2H3/t13-/m1/s1. The van der Waals surface area contributed by atoms with Crippen molar-refractivity contribution in [3.05, 3.63) is 29.6 Å². The summed E-state index contributed by atoms with van der Waals surface area (Å²) in [6, 6.07) is 5.04. The van der Waals surface area contributed by atoms with E-state index in [1.54, 1.807) is 0 Å². The number of likely N-dealkylation sites (tertiary alicyclic amines) is 1. The highest BCUT2D eigenvalue weighted by Gasteiger charge is 2.22. The van der Waals surface area contributed by atoms with Gasteiger partial charge in [0.1, 0.15) is 0 Å². The number of hydrogen-bond donors (Lipinski definition) is 0. The lowest BCUT2D eigenvalue weighted by Gasteiger charge is -2.35. The SMILES string of the molecule is CCN1CCCC[C@@H]1c1ccnc(C)c1. The molecule has 0 aromatic carbocycles. The van der Waals surface area contributed by atoms with Crippen LogP contribution in [0.15, 0.2) is 18.3 Å². The van der Waals surface area contributed by atoms with Gasteiger partial charge in [0.25, 0.3) is 0 Å². The van der Waals surface area contributed by atoms with Crippen molar-refractivity contribution >= 4 is 0 Å². The van der Waals surface area contributed by atoms with Crippen molar-refractivity contribution in [2.45, 2.75) is 39.2 Å². The molecule has 2 heteroatoms. The molecule has 0 N–H and O–H groups in total. The molecular formula is C13H20N2. The van der Waals surface area contributed by atoms with Crippen LogP contribution >= 0.6 is 0 Å². The maximum Gasteiger partial charge on any atom is 0.0375 e. The fourth-order valence-electron chi connectivity index (χ4n) is 2.52. The maximum absolute atomic E-state index is 4.27. The van der Waals surface area contributed by atoms with Gasteiger partial charge < -0.3 is 0 Å². The molecule has 1 fully saturated rings. The van der Waals surface area contributed by atoms with Crippen LogP contribution in [-0.4, -0.2) is 23.0 Å². The molecule has 0 unspecified atom stereocenters. The fourth-order valence-corrected chi connectivity index (χ4v) is 2.52. The van der Waals surface area contributed by atoms with Crippen LogP contribution in [0.4, 0.5) is 0 Å². The molecule has 15 heavy (non-hydrogen) atoms. The van der Waals surface area contributed by atoms with Crippen molar-refractivity contribution in [3.63, 3.8) is 0 Å². The second-order valence-corrected chi connectivity index (χ2v) is 4.37. The number of piperidine rings is 1. The summed E-state index contributed by atoms with van der Waals surface area (Å²) in [6.07, 6.45) is 5.96. The van der Waals surface area contributed by atoms with Crippen LogP contribution < -0.4 is 0 Å². The number of hydrogen-bond acceptors (Lipinski definition) is 2. The Morgan fingerprint density at radius 2 is 2.33 bits per heavy atom. The van der Waals surface area contributed by atoms with E-state index in [9.17, 15) is 0 Å². The Hall–Kier alpha value is -0.890. The van der Waals surface area contributed by atoms with Crippen molar-refractivity contribution in [2.75, 3.05) is 13.1 Å². The molecular weight excluding hydrogens is 184 g/mol. The van der Waals surface area contributed by atoms with Crippen LogP contribution in [0.1, 0.15) is 43.5 Å². The summed E-state index contributed by atoms with van der Waals surface area (Å²) in [5.41, 5.74) is 2.58. The van der Waals surface area contributed by atoms with E-state index in [4.69, 9.17) is 0 Å². The van der Waals surface area contributed by atoms with Gasteiger partial charge in [-0.2, -0.15) is 0 Å². The number of nitrogens with zero attached hydrogens (tertiary/aromatic N) is 2. The van der Waals surface area contributed by atoms with E-state index in [1.165, 1.54) is 31.4 Å². The third-order valence-electron chi connectivity index (χ3n) is 3.33. The van der Waals surface area contributed by atoms with Gasteiger partial charge in [0.2, 0.25) is 0 Å². The first-order chi connectivity index (χ1) is 7.31. The van der Waals surface area contributed by atoms with E-state index >= 15 is 0 Å². The van der Waals surface area contributed by atoms with E-state index < -0.39 is 0 Å². The molecule has 82 valence electrons. The number of rotatable bonds is 2. The Kier molecular flexibility index (Phi) is 3.37. The number of pyridine rings is 1. The predicted octanol–water partition coefficient (Wildman–Crippen LogP) is 2.94. The molecule has 1 aliphatic rings. The van der Waals surface area contributed by atoms with Crippen LogP contribution in [0.3, 0.4) is 0 Å². The zero-order valence-corrected chi connectivity index (χ0v) is 9.74. The third kappa shape index (κ3) is 2.37. The van der Waals surface area contributed by atoms with E-state index in [1.807, 2.05) is 6.20 Å². The summed E-state index contributed by atoms with van der Waals surface area (Å²) >= 11 is 0. The summed E-state index contributed by atoms with van der Waals surface area (Å²) in [7, 11) is 0. The van der Waals surface area contributed by atoms with Crippen molar-refractivity contribution in [1.82, 2.24) is 9.88 Å². The van der Waals surface area contributed by atoms with Crippen molar-refractivity contribution < 1.29 is 0 Å². The Bertz CT molecular complexity index is 322. The van der Waals surface area contributed by atoms with Gasteiger partial charge >= 0.3 is 0 Å². The number of aromatic nitrogens is 1. The van der Waals surface area contributed by atoms with Gasteiger partial charge in [-0.15, -0.1) is 0 Å². The van der Waals surface area contributed by atoms with Gasteiger partial charge in [0.15, 0.2) is 0 Å². The van der Waals surface area contributed by atoms with E-state index in [0.717, 1.165) is 12.2 Å². The van der Waals surface area contributed by atoms with E-state index in [0.29, 0.717) is 6.04 Å². The molecule has 1 aromatic heterocycles. The van der Waals surface area contributed by atoms with Gasteiger partial charge in [0, 0.05) is 17.9 Å². The van der Waals surface area contributed by atoms with Crippen molar-refractivity contribution in [3.8, 4) is 0 Å². The van der Waals surface area contributed by atoms with E-state index in [-0.39, 0.29) is 0 Å². The zero-order valence-electron chi connectivity index (χ0n) is 9.74. The molecule has 0 amide bonds. The predicted molar refractivity (Wildman–Crippen MR) is 62.8 cm³/mol. The van der Waals surface area contributed by atoms with Gasteiger partial charge in [-0.05, 0) is 50.6 Å². The smallest absolute Gasteiger partial charge is 0.0375 e. The highest BCUT2D eigenvalue weighted by atomic mass is 15.2. The minimum Gasteiger partial charge on any atom is -0.297 e. The minimum atomic E-state index is 0.630. The molecule has 1 atom stereocenters. The van der Waals surface area contributed by atoms with Crippen LogP contribution in [0.2, 0.25) is 0 Å². The molecule has 0 saturated carbocycles. The first-order valence-corrected chi connectivity index (χ1v) is 5.98. The average molecular weight is 204 g/mol. The highest BCUT2D eigenvalue weighted by Crippen LogP contribution is 2.30. The zero-order chi connectivity index (χ0) is 10.7. The second kappa shape index (κ2) is 4.75. The lowest BCUT2D eigenvalue weighted by molar-refractivity contribution is 0.157. The molecule has 1 saturated heterocycles. The topological polar surface area (TPSA) is 16.1 Å².